The summed E-state index contributed by atoms with van der Waals surface area (Å²) in [6.45, 7) is 6.76. The molecular weight excluding hydrogens is 164 g/mol. The van der Waals surface area contributed by atoms with E-state index in [4.69, 9.17) is 0 Å². The van der Waals surface area contributed by atoms with E-state index in [1.165, 1.54) is 25.7 Å². The minimum atomic E-state index is 1.20. The fourth-order valence-electron chi connectivity index (χ4n) is 1.46. The second-order valence-electron chi connectivity index (χ2n) is 3.27. The number of hydrogen-bond acceptors (Lipinski definition) is 1. The average Bonchev–Trinajstić information content (AvgIpc) is 2.43. The molecule has 0 aliphatic rings. The van der Waals surface area contributed by atoms with E-state index in [9.17, 15) is 0 Å². The van der Waals surface area contributed by atoms with Gasteiger partial charge in [-0.1, -0.05) is 20.3 Å². The van der Waals surface area contributed by atoms with Gasteiger partial charge in [0.25, 0.3) is 0 Å². The molecule has 0 amide bonds. The lowest BCUT2D eigenvalue weighted by molar-refractivity contribution is 0.793. The Balaban J connectivity index is 2.66. The van der Waals surface area contributed by atoms with Gasteiger partial charge in [-0.25, -0.2) is 0 Å². The highest BCUT2D eigenvalue weighted by Gasteiger charge is 2.04. The van der Waals surface area contributed by atoms with Gasteiger partial charge in [-0.05, 0) is 42.7 Å². The molecule has 0 bridgehead atoms. The Morgan fingerprint density at radius 2 is 2.08 bits per heavy atom. The number of hydrogen-bond donors (Lipinski definition) is 0. The molecule has 0 saturated carbocycles. The maximum absolute atomic E-state index is 2.34. The van der Waals surface area contributed by atoms with Crippen LogP contribution in [0, 0.1) is 6.92 Å². The molecule has 0 N–H and O–H groups in total. The third-order valence-corrected chi connectivity index (χ3v) is 3.65. The lowest BCUT2D eigenvalue weighted by Gasteiger charge is -1.98. The first-order valence-electron chi connectivity index (χ1n) is 4.85. The first kappa shape index (κ1) is 9.79. The van der Waals surface area contributed by atoms with Crippen LogP contribution in [0.4, 0.5) is 0 Å². The standard InChI is InChI=1S/C11H18S/c1-4-6-7-10-8-12-11(5-2)9(10)3/h8H,4-7H2,1-3H3. The first-order valence-corrected chi connectivity index (χ1v) is 5.73. The van der Waals surface area contributed by atoms with Crippen LogP contribution in [-0.4, -0.2) is 0 Å². The summed E-state index contributed by atoms with van der Waals surface area (Å²) in [7, 11) is 0. The Hall–Kier alpha value is -0.300. The molecule has 0 aromatic carbocycles. The largest absolute Gasteiger partial charge is 0.148 e. The maximum Gasteiger partial charge on any atom is 0.00745 e. The van der Waals surface area contributed by atoms with E-state index < -0.39 is 0 Å². The van der Waals surface area contributed by atoms with Crippen molar-refractivity contribution in [3.05, 3.63) is 21.4 Å². The van der Waals surface area contributed by atoms with Crippen molar-refractivity contribution in [2.75, 3.05) is 0 Å². The molecule has 1 rings (SSSR count). The molecule has 0 nitrogen and oxygen atoms in total. The molecule has 0 unspecified atom stereocenters. The van der Waals surface area contributed by atoms with Gasteiger partial charge < -0.3 is 0 Å². The minimum absolute atomic E-state index is 1.20. The summed E-state index contributed by atoms with van der Waals surface area (Å²) in [5.41, 5.74) is 3.13. The second kappa shape index (κ2) is 4.66. The SMILES string of the molecule is CCCCc1csc(CC)c1C. The van der Waals surface area contributed by atoms with Crippen LogP contribution in [-0.2, 0) is 12.8 Å². The molecule has 12 heavy (non-hydrogen) atoms. The Morgan fingerprint density at radius 1 is 1.33 bits per heavy atom. The highest BCUT2D eigenvalue weighted by atomic mass is 32.1. The molecule has 0 aliphatic heterocycles. The molecule has 1 aromatic rings. The molecule has 1 aromatic heterocycles. The summed E-state index contributed by atoms with van der Waals surface area (Å²) < 4.78 is 0. The third kappa shape index (κ3) is 2.10. The van der Waals surface area contributed by atoms with E-state index in [0.29, 0.717) is 0 Å². The van der Waals surface area contributed by atoms with Crippen LogP contribution in [0.3, 0.4) is 0 Å². The third-order valence-electron chi connectivity index (χ3n) is 2.36. The number of thiophene rings is 1. The van der Waals surface area contributed by atoms with Gasteiger partial charge in [0.1, 0.15) is 0 Å². The predicted molar refractivity (Wildman–Crippen MR) is 57.0 cm³/mol. The Kier molecular flexibility index (Phi) is 3.80. The monoisotopic (exact) mass is 182 g/mol. The number of unbranched alkanes of at least 4 members (excludes halogenated alkanes) is 1. The normalized spacial score (nSPS) is 10.6. The van der Waals surface area contributed by atoms with Crippen molar-refractivity contribution < 1.29 is 0 Å². The summed E-state index contributed by atoms with van der Waals surface area (Å²) in [6, 6.07) is 0. The van der Waals surface area contributed by atoms with E-state index in [-0.39, 0.29) is 0 Å². The van der Waals surface area contributed by atoms with Crippen molar-refractivity contribution >= 4 is 11.3 Å². The highest BCUT2D eigenvalue weighted by molar-refractivity contribution is 7.10. The van der Waals surface area contributed by atoms with E-state index in [1.54, 1.807) is 16.0 Å². The van der Waals surface area contributed by atoms with E-state index in [1.807, 2.05) is 11.3 Å². The molecule has 0 aliphatic carbocycles. The van der Waals surface area contributed by atoms with Crippen LogP contribution < -0.4 is 0 Å². The number of rotatable bonds is 4. The van der Waals surface area contributed by atoms with Gasteiger partial charge in [0, 0.05) is 4.88 Å². The molecule has 0 fully saturated rings. The fraction of sp³-hybridized carbons (Fsp3) is 0.636. The van der Waals surface area contributed by atoms with Gasteiger partial charge in [0.05, 0.1) is 0 Å². The molecule has 68 valence electrons. The lowest BCUT2D eigenvalue weighted by Crippen LogP contribution is -1.86. The van der Waals surface area contributed by atoms with E-state index >= 15 is 0 Å². The quantitative estimate of drug-likeness (QED) is 0.661. The van der Waals surface area contributed by atoms with Gasteiger partial charge in [0.2, 0.25) is 0 Å². The van der Waals surface area contributed by atoms with Gasteiger partial charge in [-0.15, -0.1) is 11.3 Å². The Labute approximate surface area is 79.6 Å². The van der Waals surface area contributed by atoms with Crippen LogP contribution >= 0.6 is 11.3 Å². The summed E-state index contributed by atoms with van der Waals surface area (Å²) in [4.78, 5) is 1.57. The topological polar surface area (TPSA) is 0 Å². The molecular formula is C11H18S. The average molecular weight is 182 g/mol. The fourth-order valence-corrected chi connectivity index (χ4v) is 2.51. The van der Waals surface area contributed by atoms with Crippen LogP contribution in [0.5, 0.6) is 0 Å². The summed E-state index contributed by atoms with van der Waals surface area (Å²) >= 11 is 1.93. The molecule has 0 saturated heterocycles. The second-order valence-corrected chi connectivity index (χ2v) is 4.23. The predicted octanol–water partition coefficient (Wildman–Crippen LogP) is 3.96. The zero-order valence-electron chi connectivity index (χ0n) is 8.31. The van der Waals surface area contributed by atoms with Gasteiger partial charge >= 0.3 is 0 Å². The number of aryl methyl sites for hydroxylation is 2. The summed E-state index contributed by atoms with van der Waals surface area (Å²) in [5.74, 6) is 0. The van der Waals surface area contributed by atoms with Crippen molar-refractivity contribution in [1.82, 2.24) is 0 Å². The van der Waals surface area contributed by atoms with Crippen LogP contribution in [0.2, 0.25) is 0 Å². The van der Waals surface area contributed by atoms with Gasteiger partial charge in [-0.3, -0.25) is 0 Å². The Bertz CT molecular complexity index is 235. The van der Waals surface area contributed by atoms with Crippen LogP contribution in [0.1, 0.15) is 42.7 Å². The molecule has 0 spiro atoms. The van der Waals surface area contributed by atoms with Crippen molar-refractivity contribution in [2.45, 2.75) is 46.5 Å². The van der Waals surface area contributed by atoms with Crippen LogP contribution in [0.15, 0.2) is 5.38 Å². The lowest BCUT2D eigenvalue weighted by atomic mass is 10.1. The van der Waals surface area contributed by atoms with Gasteiger partial charge in [-0.2, -0.15) is 0 Å². The smallest absolute Gasteiger partial charge is 0.00745 e. The zero-order chi connectivity index (χ0) is 8.97. The molecule has 0 atom stereocenters. The zero-order valence-corrected chi connectivity index (χ0v) is 9.13. The van der Waals surface area contributed by atoms with Crippen molar-refractivity contribution in [3.63, 3.8) is 0 Å². The Morgan fingerprint density at radius 3 is 2.58 bits per heavy atom. The summed E-state index contributed by atoms with van der Waals surface area (Å²) in [5, 5.41) is 2.34. The van der Waals surface area contributed by atoms with E-state index in [2.05, 4.69) is 26.2 Å². The van der Waals surface area contributed by atoms with Crippen molar-refractivity contribution in [1.29, 1.82) is 0 Å². The van der Waals surface area contributed by atoms with Gasteiger partial charge in [0.15, 0.2) is 0 Å². The molecule has 0 radical (unpaired) electrons. The highest BCUT2D eigenvalue weighted by Crippen LogP contribution is 2.23. The van der Waals surface area contributed by atoms with Crippen molar-refractivity contribution in [2.24, 2.45) is 0 Å². The molecule has 1 heteroatoms. The van der Waals surface area contributed by atoms with Crippen molar-refractivity contribution in [3.8, 4) is 0 Å². The first-order chi connectivity index (χ1) is 5.79. The summed E-state index contributed by atoms with van der Waals surface area (Å²) in [6.07, 6.45) is 5.11. The van der Waals surface area contributed by atoms with Crippen LogP contribution in [0.25, 0.3) is 0 Å². The maximum atomic E-state index is 2.34. The minimum Gasteiger partial charge on any atom is -0.148 e. The van der Waals surface area contributed by atoms with E-state index in [0.717, 1.165) is 0 Å². The molecule has 1 heterocycles.